The molecule has 2 N–H and O–H groups in total. The van der Waals surface area contributed by atoms with Crippen molar-refractivity contribution in [1.82, 2.24) is 15.6 Å². The van der Waals surface area contributed by atoms with E-state index in [1.165, 1.54) is 24.2 Å². The molecule has 1 aromatic carbocycles. The molecule has 1 atom stereocenters. The maximum Gasteiger partial charge on any atom is 0.270 e. The Morgan fingerprint density at radius 1 is 1.36 bits per heavy atom. The molecule has 116 valence electrons. The summed E-state index contributed by atoms with van der Waals surface area (Å²) in [7, 11) is 0. The highest BCUT2D eigenvalue weighted by Gasteiger charge is 2.14. The topological polar surface area (TPSA) is 54.0 Å². The van der Waals surface area contributed by atoms with Gasteiger partial charge in [0.2, 0.25) is 0 Å². The second kappa shape index (κ2) is 7.51. The van der Waals surface area contributed by atoms with Crippen molar-refractivity contribution in [3.05, 3.63) is 41.4 Å². The average Bonchev–Trinajstić information content (AvgIpc) is 3.07. The van der Waals surface area contributed by atoms with E-state index in [1.807, 2.05) is 35.7 Å². The number of hydrogen-bond acceptors (Lipinski definition) is 4. The Balaban J connectivity index is 1.51. The quantitative estimate of drug-likeness (QED) is 0.892. The van der Waals surface area contributed by atoms with Gasteiger partial charge in [0.25, 0.3) is 5.91 Å². The highest BCUT2D eigenvalue weighted by atomic mass is 32.1. The second-order valence-electron chi connectivity index (χ2n) is 5.66. The molecule has 3 rings (SSSR count). The molecule has 5 heteroatoms. The molecule has 2 aromatic rings. The van der Waals surface area contributed by atoms with Crippen LogP contribution in [0.2, 0.25) is 0 Å². The first-order valence-electron chi connectivity index (χ1n) is 7.83. The van der Waals surface area contributed by atoms with E-state index in [4.69, 9.17) is 0 Å². The number of nitrogens with zero attached hydrogens (tertiary/aromatic N) is 1. The number of benzene rings is 1. The zero-order valence-corrected chi connectivity index (χ0v) is 13.4. The molecule has 1 unspecified atom stereocenters. The van der Waals surface area contributed by atoms with Gasteiger partial charge in [-0.2, -0.15) is 0 Å². The van der Waals surface area contributed by atoms with Crippen LogP contribution in [0.1, 0.15) is 29.8 Å². The summed E-state index contributed by atoms with van der Waals surface area (Å²) in [6.07, 6.45) is 3.54. The summed E-state index contributed by atoms with van der Waals surface area (Å²) in [6, 6.07) is 9.96. The van der Waals surface area contributed by atoms with E-state index in [0.29, 0.717) is 11.6 Å². The molecule has 22 heavy (non-hydrogen) atoms. The largest absolute Gasteiger partial charge is 0.351 e. The minimum Gasteiger partial charge on any atom is -0.351 e. The molecule has 0 bridgehead atoms. The molecular weight excluding hydrogens is 294 g/mol. The fraction of sp³-hybridized carbons (Fsp3) is 0.412. The monoisotopic (exact) mass is 315 g/mol. The predicted molar refractivity (Wildman–Crippen MR) is 90.1 cm³/mol. The third-order valence-corrected chi connectivity index (χ3v) is 4.89. The highest BCUT2D eigenvalue weighted by Crippen LogP contribution is 2.23. The van der Waals surface area contributed by atoms with Gasteiger partial charge in [0.1, 0.15) is 10.7 Å². The summed E-state index contributed by atoms with van der Waals surface area (Å²) < 4.78 is 0. The summed E-state index contributed by atoms with van der Waals surface area (Å²) in [6.45, 7) is 2.93. The minimum atomic E-state index is -0.0674. The van der Waals surface area contributed by atoms with Crippen LogP contribution in [0.5, 0.6) is 0 Å². The summed E-state index contributed by atoms with van der Waals surface area (Å²) in [5, 5.41) is 9.12. The van der Waals surface area contributed by atoms with E-state index >= 15 is 0 Å². The Morgan fingerprint density at radius 3 is 3.00 bits per heavy atom. The van der Waals surface area contributed by atoms with E-state index in [2.05, 4.69) is 15.6 Å². The van der Waals surface area contributed by atoms with Gasteiger partial charge in [-0.05, 0) is 38.3 Å². The fourth-order valence-corrected chi connectivity index (χ4v) is 3.55. The van der Waals surface area contributed by atoms with Crippen molar-refractivity contribution in [1.29, 1.82) is 0 Å². The van der Waals surface area contributed by atoms with Crippen LogP contribution in [-0.4, -0.2) is 30.5 Å². The van der Waals surface area contributed by atoms with E-state index in [9.17, 15) is 4.79 Å². The smallest absolute Gasteiger partial charge is 0.270 e. The molecule has 1 aromatic heterocycles. The fourth-order valence-electron chi connectivity index (χ4n) is 2.74. The number of thiazole rings is 1. The number of piperidine rings is 1. The van der Waals surface area contributed by atoms with Crippen LogP contribution in [0, 0.1) is 5.92 Å². The Morgan fingerprint density at radius 2 is 2.23 bits per heavy atom. The first-order chi connectivity index (χ1) is 10.8. The molecule has 0 spiro atoms. The molecule has 4 nitrogen and oxygen atoms in total. The normalized spacial score (nSPS) is 18.1. The van der Waals surface area contributed by atoms with E-state index in [-0.39, 0.29) is 5.91 Å². The van der Waals surface area contributed by atoms with Crippen molar-refractivity contribution in [2.75, 3.05) is 19.6 Å². The lowest BCUT2D eigenvalue weighted by Gasteiger charge is -2.22. The Kier molecular flexibility index (Phi) is 5.19. The molecular formula is C17H21N3OS. The van der Waals surface area contributed by atoms with Crippen LogP contribution in [0.4, 0.5) is 0 Å². The van der Waals surface area contributed by atoms with Crippen molar-refractivity contribution in [2.45, 2.75) is 19.3 Å². The van der Waals surface area contributed by atoms with Gasteiger partial charge in [-0.1, -0.05) is 30.3 Å². The molecule has 0 saturated carbocycles. The van der Waals surface area contributed by atoms with Gasteiger partial charge in [0.05, 0.1) is 0 Å². The van der Waals surface area contributed by atoms with Gasteiger partial charge in [-0.25, -0.2) is 4.98 Å². The maximum absolute atomic E-state index is 12.1. The second-order valence-corrected chi connectivity index (χ2v) is 6.52. The lowest BCUT2D eigenvalue weighted by atomic mass is 9.96. The van der Waals surface area contributed by atoms with Crippen LogP contribution in [0.15, 0.2) is 35.7 Å². The van der Waals surface area contributed by atoms with Gasteiger partial charge in [0.15, 0.2) is 0 Å². The highest BCUT2D eigenvalue weighted by molar-refractivity contribution is 7.13. The molecule has 1 fully saturated rings. The van der Waals surface area contributed by atoms with Crippen LogP contribution in [0.25, 0.3) is 10.6 Å². The van der Waals surface area contributed by atoms with E-state index in [1.54, 1.807) is 0 Å². The number of carbonyl (C=O) groups is 1. The number of nitrogens with one attached hydrogen (secondary N) is 2. The zero-order chi connectivity index (χ0) is 15.2. The van der Waals surface area contributed by atoms with Crippen molar-refractivity contribution in [2.24, 2.45) is 5.92 Å². The lowest BCUT2D eigenvalue weighted by molar-refractivity contribution is 0.0946. The number of amides is 1. The summed E-state index contributed by atoms with van der Waals surface area (Å²) in [5.74, 6) is 0.617. The van der Waals surface area contributed by atoms with Crippen LogP contribution in [-0.2, 0) is 0 Å². The average molecular weight is 315 g/mol. The number of hydrogen-bond donors (Lipinski definition) is 2. The van der Waals surface area contributed by atoms with Crippen molar-refractivity contribution < 1.29 is 4.79 Å². The SMILES string of the molecule is O=C(NCCC1CCCNC1)c1csc(-c2ccccc2)n1. The van der Waals surface area contributed by atoms with Crippen molar-refractivity contribution >= 4 is 17.2 Å². The third kappa shape index (κ3) is 3.93. The molecule has 1 saturated heterocycles. The molecule has 1 aliphatic heterocycles. The number of carbonyl (C=O) groups excluding carboxylic acids is 1. The third-order valence-electron chi connectivity index (χ3n) is 3.99. The van der Waals surface area contributed by atoms with Crippen molar-refractivity contribution in [3.63, 3.8) is 0 Å². The predicted octanol–water partition coefficient (Wildman–Crippen LogP) is 2.93. The molecule has 0 radical (unpaired) electrons. The van der Waals surface area contributed by atoms with Gasteiger partial charge < -0.3 is 10.6 Å². The van der Waals surface area contributed by atoms with Crippen LogP contribution in [0.3, 0.4) is 0 Å². The Hall–Kier alpha value is -1.72. The van der Waals surface area contributed by atoms with E-state index < -0.39 is 0 Å². The van der Waals surface area contributed by atoms with Gasteiger partial charge in [-0.3, -0.25) is 4.79 Å². The lowest BCUT2D eigenvalue weighted by Crippen LogP contribution is -2.33. The summed E-state index contributed by atoms with van der Waals surface area (Å²) in [5.41, 5.74) is 1.57. The minimum absolute atomic E-state index is 0.0674. The first-order valence-corrected chi connectivity index (χ1v) is 8.71. The summed E-state index contributed by atoms with van der Waals surface area (Å²) in [4.78, 5) is 16.6. The molecule has 0 aliphatic carbocycles. The molecule has 2 heterocycles. The van der Waals surface area contributed by atoms with Gasteiger partial charge in [-0.15, -0.1) is 11.3 Å². The molecule has 1 amide bonds. The standard InChI is InChI=1S/C17H21N3OS/c21-16(19-10-8-13-5-4-9-18-11-13)15-12-22-17(20-15)14-6-2-1-3-7-14/h1-3,6-7,12-13,18H,4-5,8-11H2,(H,19,21). The first kappa shape index (κ1) is 15.2. The van der Waals surface area contributed by atoms with Crippen molar-refractivity contribution in [3.8, 4) is 10.6 Å². The maximum atomic E-state index is 12.1. The summed E-state index contributed by atoms with van der Waals surface area (Å²) >= 11 is 1.51. The van der Waals surface area contributed by atoms with E-state index in [0.717, 1.165) is 36.6 Å². The van der Waals surface area contributed by atoms with Gasteiger partial charge >= 0.3 is 0 Å². The zero-order valence-electron chi connectivity index (χ0n) is 12.5. The van der Waals surface area contributed by atoms with Crippen LogP contribution >= 0.6 is 11.3 Å². The molecule has 1 aliphatic rings. The van der Waals surface area contributed by atoms with Crippen LogP contribution < -0.4 is 10.6 Å². The Bertz CT molecular complexity index is 605. The van der Waals surface area contributed by atoms with Gasteiger partial charge in [0, 0.05) is 17.5 Å². The number of rotatable bonds is 5. The number of aromatic nitrogens is 1. The Labute approximate surface area is 135 Å².